The van der Waals surface area contributed by atoms with E-state index in [4.69, 9.17) is 10.7 Å². The van der Waals surface area contributed by atoms with Crippen molar-refractivity contribution < 1.29 is 0 Å². The molecule has 0 spiro atoms. The minimum atomic E-state index is 0.0243. The van der Waals surface area contributed by atoms with E-state index < -0.39 is 0 Å². The second kappa shape index (κ2) is 4.52. The number of hydrogen-bond acceptors (Lipinski definition) is 2. The minimum absolute atomic E-state index is 0.0243. The van der Waals surface area contributed by atoms with Gasteiger partial charge in [0.25, 0.3) is 0 Å². The van der Waals surface area contributed by atoms with Gasteiger partial charge in [-0.15, -0.1) is 0 Å². The van der Waals surface area contributed by atoms with Gasteiger partial charge < -0.3 is 10.7 Å². The van der Waals surface area contributed by atoms with Crippen LogP contribution in [0.5, 0.6) is 0 Å². The smallest absolute Gasteiger partial charge is 0.124 e. The zero-order chi connectivity index (χ0) is 12.7. The maximum absolute atomic E-state index is 6.11. The fourth-order valence-corrected chi connectivity index (χ4v) is 3.05. The van der Waals surface area contributed by atoms with E-state index in [0.717, 1.165) is 35.3 Å². The van der Waals surface area contributed by atoms with Crippen molar-refractivity contribution >= 4 is 15.9 Å². The highest BCUT2D eigenvalue weighted by molar-refractivity contribution is 9.10. The summed E-state index contributed by atoms with van der Waals surface area (Å²) in [4.78, 5) is 8.09. The number of fused-ring (bicyclic) bond motifs is 3. The minimum Gasteiger partial charge on any atom is -0.344 e. The SMILES string of the molecule is CCCC(N)c1nc2c([nH]1)Cc1c(Br)cccc1-2. The highest BCUT2D eigenvalue weighted by atomic mass is 79.9. The Morgan fingerprint density at radius 3 is 3.11 bits per heavy atom. The Morgan fingerprint density at radius 1 is 1.50 bits per heavy atom. The third-order valence-corrected chi connectivity index (χ3v) is 4.22. The van der Waals surface area contributed by atoms with Gasteiger partial charge in [-0.1, -0.05) is 41.4 Å². The third-order valence-electron chi connectivity index (χ3n) is 3.48. The topological polar surface area (TPSA) is 54.7 Å². The number of aromatic nitrogens is 2. The highest BCUT2D eigenvalue weighted by Crippen LogP contribution is 2.39. The van der Waals surface area contributed by atoms with Gasteiger partial charge in [0.1, 0.15) is 5.82 Å². The molecule has 2 aromatic rings. The highest BCUT2D eigenvalue weighted by Gasteiger charge is 2.25. The summed E-state index contributed by atoms with van der Waals surface area (Å²) >= 11 is 3.60. The molecular formula is C14H16BrN3. The number of benzene rings is 1. The number of nitrogens with zero attached hydrogens (tertiary/aromatic N) is 1. The van der Waals surface area contributed by atoms with Gasteiger partial charge in [0.05, 0.1) is 11.7 Å². The maximum atomic E-state index is 6.11. The molecule has 1 aromatic heterocycles. The molecule has 3 rings (SSSR count). The molecule has 3 nitrogen and oxygen atoms in total. The van der Waals surface area contributed by atoms with Crippen molar-refractivity contribution in [3.63, 3.8) is 0 Å². The summed E-state index contributed by atoms with van der Waals surface area (Å²) in [5.74, 6) is 0.924. The van der Waals surface area contributed by atoms with Crippen molar-refractivity contribution in [3.8, 4) is 11.3 Å². The summed E-state index contributed by atoms with van der Waals surface area (Å²) in [7, 11) is 0. The van der Waals surface area contributed by atoms with Crippen LogP contribution in [0.15, 0.2) is 22.7 Å². The van der Waals surface area contributed by atoms with Crippen LogP contribution in [0.4, 0.5) is 0 Å². The fourth-order valence-electron chi connectivity index (χ4n) is 2.54. The lowest BCUT2D eigenvalue weighted by Crippen LogP contribution is -2.11. The molecule has 0 fully saturated rings. The average Bonchev–Trinajstić information content (AvgIpc) is 2.88. The van der Waals surface area contributed by atoms with Crippen molar-refractivity contribution in [3.05, 3.63) is 39.8 Å². The molecule has 3 N–H and O–H groups in total. The maximum Gasteiger partial charge on any atom is 0.124 e. The van der Waals surface area contributed by atoms with Gasteiger partial charge in [-0.05, 0) is 18.1 Å². The number of hydrogen-bond donors (Lipinski definition) is 2. The second-order valence-electron chi connectivity index (χ2n) is 4.79. The number of rotatable bonds is 3. The zero-order valence-corrected chi connectivity index (χ0v) is 11.9. The lowest BCUT2D eigenvalue weighted by Gasteiger charge is -2.07. The molecule has 1 heterocycles. The summed E-state index contributed by atoms with van der Waals surface area (Å²) in [6, 6.07) is 6.28. The molecule has 1 aliphatic carbocycles. The van der Waals surface area contributed by atoms with Crippen molar-refractivity contribution in [1.82, 2.24) is 9.97 Å². The second-order valence-corrected chi connectivity index (χ2v) is 5.64. The van der Waals surface area contributed by atoms with Crippen LogP contribution in [0.2, 0.25) is 0 Å². The first-order valence-electron chi connectivity index (χ1n) is 6.32. The standard InChI is InChI=1S/C14H16BrN3/c1-2-4-11(16)14-17-12-7-9-8(13(12)18-14)5-3-6-10(9)15/h3,5-6,11H,2,4,7,16H2,1H3,(H,17,18). The predicted molar refractivity (Wildman–Crippen MR) is 76.4 cm³/mol. The van der Waals surface area contributed by atoms with E-state index >= 15 is 0 Å². The molecular weight excluding hydrogens is 290 g/mol. The summed E-state index contributed by atoms with van der Waals surface area (Å²) in [6.45, 7) is 2.14. The number of nitrogens with two attached hydrogens (primary N) is 1. The van der Waals surface area contributed by atoms with Gasteiger partial charge >= 0.3 is 0 Å². The molecule has 18 heavy (non-hydrogen) atoms. The van der Waals surface area contributed by atoms with E-state index in [1.165, 1.54) is 16.8 Å². The fraction of sp³-hybridized carbons (Fsp3) is 0.357. The van der Waals surface area contributed by atoms with E-state index in [2.05, 4.69) is 46.0 Å². The number of aromatic amines is 1. The molecule has 0 aliphatic heterocycles. The van der Waals surface area contributed by atoms with Gasteiger partial charge in [-0.3, -0.25) is 0 Å². The quantitative estimate of drug-likeness (QED) is 0.777. The zero-order valence-electron chi connectivity index (χ0n) is 10.3. The monoisotopic (exact) mass is 305 g/mol. The van der Waals surface area contributed by atoms with Gasteiger partial charge in [0, 0.05) is 22.2 Å². The average molecular weight is 306 g/mol. The molecule has 0 bridgehead atoms. The summed E-state index contributed by atoms with van der Waals surface area (Å²) in [6.07, 6.45) is 2.96. The molecule has 1 atom stereocenters. The van der Waals surface area contributed by atoms with Crippen LogP contribution in [0, 0.1) is 0 Å². The first-order chi connectivity index (χ1) is 8.70. The molecule has 1 aliphatic rings. The Kier molecular flexibility index (Phi) is 2.99. The van der Waals surface area contributed by atoms with Gasteiger partial charge in [-0.25, -0.2) is 4.98 Å². The summed E-state index contributed by atoms with van der Waals surface area (Å²) < 4.78 is 1.16. The Morgan fingerprint density at radius 2 is 2.33 bits per heavy atom. The number of nitrogens with one attached hydrogen (secondary N) is 1. The molecule has 0 amide bonds. The van der Waals surface area contributed by atoms with Crippen LogP contribution in [0.1, 0.15) is 42.9 Å². The number of H-pyrrole nitrogens is 1. The van der Waals surface area contributed by atoms with Crippen molar-refractivity contribution in [2.75, 3.05) is 0 Å². The predicted octanol–water partition coefficient (Wildman–Crippen LogP) is 3.54. The van der Waals surface area contributed by atoms with Crippen molar-refractivity contribution in [2.45, 2.75) is 32.2 Å². The molecule has 4 heteroatoms. The van der Waals surface area contributed by atoms with Gasteiger partial charge in [0.15, 0.2) is 0 Å². The van der Waals surface area contributed by atoms with Crippen molar-refractivity contribution in [2.24, 2.45) is 5.73 Å². The largest absolute Gasteiger partial charge is 0.344 e. The van der Waals surface area contributed by atoms with Crippen LogP contribution in [-0.4, -0.2) is 9.97 Å². The molecule has 1 aromatic carbocycles. The molecule has 94 valence electrons. The molecule has 0 radical (unpaired) electrons. The van der Waals surface area contributed by atoms with E-state index in [1.54, 1.807) is 0 Å². The van der Waals surface area contributed by atoms with E-state index in [-0.39, 0.29) is 6.04 Å². The first-order valence-corrected chi connectivity index (χ1v) is 7.12. The van der Waals surface area contributed by atoms with E-state index in [1.807, 2.05) is 0 Å². The Bertz CT molecular complexity index is 589. The third kappa shape index (κ3) is 1.80. The molecule has 1 unspecified atom stereocenters. The van der Waals surface area contributed by atoms with Crippen LogP contribution in [-0.2, 0) is 6.42 Å². The molecule has 0 saturated heterocycles. The van der Waals surface area contributed by atoms with Crippen LogP contribution >= 0.6 is 15.9 Å². The van der Waals surface area contributed by atoms with Gasteiger partial charge in [0.2, 0.25) is 0 Å². The van der Waals surface area contributed by atoms with Gasteiger partial charge in [-0.2, -0.15) is 0 Å². The normalized spacial score (nSPS) is 14.4. The van der Waals surface area contributed by atoms with E-state index in [0.29, 0.717) is 0 Å². The van der Waals surface area contributed by atoms with Crippen LogP contribution < -0.4 is 5.73 Å². The van der Waals surface area contributed by atoms with Crippen LogP contribution in [0.3, 0.4) is 0 Å². The Balaban J connectivity index is 2.01. The summed E-state index contributed by atoms with van der Waals surface area (Å²) in [5.41, 5.74) is 10.9. The van der Waals surface area contributed by atoms with Crippen molar-refractivity contribution in [1.29, 1.82) is 0 Å². The summed E-state index contributed by atoms with van der Waals surface area (Å²) in [5, 5.41) is 0. The molecule has 0 saturated carbocycles. The Labute approximate surface area is 115 Å². The number of halogens is 1. The number of imidazole rings is 1. The van der Waals surface area contributed by atoms with E-state index in [9.17, 15) is 0 Å². The Hall–Kier alpha value is -1.13. The lowest BCUT2D eigenvalue weighted by atomic mass is 10.1. The van der Waals surface area contributed by atoms with Crippen LogP contribution in [0.25, 0.3) is 11.3 Å². The first kappa shape index (κ1) is 11.9. The lowest BCUT2D eigenvalue weighted by molar-refractivity contribution is 0.607.